The van der Waals surface area contributed by atoms with E-state index in [9.17, 15) is 9.59 Å². The van der Waals surface area contributed by atoms with Crippen LogP contribution in [0.25, 0.3) is 0 Å². The molecule has 0 radical (unpaired) electrons. The van der Waals surface area contributed by atoms with Gasteiger partial charge < -0.3 is 9.80 Å². The molecule has 2 amide bonds. The molecule has 0 atom stereocenters. The molecule has 2 saturated heterocycles. The molecule has 0 aliphatic carbocycles. The molecule has 2 heterocycles. The van der Waals surface area contributed by atoms with Crippen LogP contribution in [-0.2, 0) is 4.79 Å². The van der Waals surface area contributed by atoms with Gasteiger partial charge in [-0.2, -0.15) is 0 Å². The van der Waals surface area contributed by atoms with Gasteiger partial charge in [0, 0.05) is 42.7 Å². The lowest BCUT2D eigenvalue weighted by Gasteiger charge is -2.34. The van der Waals surface area contributed by atoms with Crippen molar-refractivity contribution in [1.82, 2.24) is 9.80 Å². The number of amides is 2. The van der Waals surface area contributed by atoms with E-state index in [0.717, 1.165) is 38.8 Å². The molecule has 0 bridgehead atoms. The first-order valence-corrected chi connectivity index (χ1v) is 9.36. The number of halogens is 1. The lowest BCUT2D eigenvalue weighted by Crippen LogP contribution is -2.44. The molecule has 2 aliphatic heterocycles. The topological polar surface area (TPSA) is 40.6 Å². The van der Waals surface area contributed by atoms with E-state index >= 15 is 0 Å². The van der Waals surface area contributed by atoms with Crippen LogP contribution in [0.2, 0.25) is 5.02 Å². The number of rotatable bonds is 2. The van der Waals surface area contributed by atoms with E-state index in [-0.39, 0.29) is 11.8 Å². The minimum Gasteiger partial charge on any atom is -0.342 e. The number of piperidine rings is 1. The Kier molecular flexibility index (Phi) is 5.77. The predicted octanol–water partition coefficient (Wildman–Crippen LogP) is 3.59. The Morgan fingerprint density at radius 2 is 1.58 bits per heavy atom. The van der Waals surface area contributed by atoms with Crippen molar-refractivity contribution in [3.8, 4) is 0 Å². The number of hydrogen-bond donors (Lipinski definition) is 0. The zero-order valence-corrected chi connectivity index (χ0v) is 14.8. The summed E-state index contributed by atoms with van der Waals surface area (Å²) in [6.45, 7) is 3.10. The Morgan fingerprint density at radius 3 is 2.21 bits per heavy atom. The largest absolute Gasteiger partial charge is 0.342 e. The summed E-state index contributed by atoms with van der Waals surface area (Å²) in [6.07, 6.45) is 6.24. The molecule has 1 aromatic carbocycles. The molecule has 0 aromatic heterocycles. The Balaban J connectivity index is 1.55. The van der Waals surface area contributed by atoms with Crippen LogP contribution in [0.4, 0.5) is 0 Å². The van der Waals surface area contributed by atoms with Crippen LogP contribution in [-0.4, -0.2) is 47.8 Å². The van der Waals surface area contributed by atoms with E-state index < -0.39 is 0 Å². The zero-order valence-electron chi connectivity index (χ0n) is 14.0. The van der Waals surface area contributed by atoms with Gasteiger partial charge in [0.2, 0.25) is 5.91 Å². The molecule has 2 aliphatic rings. The third-order valence-electron chi connectivity index (χ3n) is 5.12. The van der Waals surface area contributed by atoms with Crippen molar-refractivity contribution < 1.29 is 9.59 Å². The van der Waals surface area contributed by atoms with Gasteiger partial charge in [-0.3, -0.25) is 9.59 Å². The van der Waals surface area contributed by atoms with Crippen molar-refractivity contribution in [2.24, 2.45) is 5.92 Å². The molecule has 1 aromatic rings. The van der Waals surface area contributed by atoms with E-state index in [2.05, 4.69) is 0 Å². The van der Waals surface area contributed by atoms with Gasteiger partial charge >= 0.3 is 0 Å². The number of hydrogen-bond acceptors (Lipinski definition) is 2. The second-order valence-corrected chi connectivity index (χ2v) is 7.25. The summed E-state index contributed by atoms with van der Waals surface area (Å²) in [6, 6.07) is 7.07. The fourth-order valence-electron chi connectivity index (χ4n) is 3.68. The molecular formula is C19H25ClN2O2. The number of likely N-dealkylation sites (tertiary alicyclic amines) is 2. The van der Waals surface area contributed by atoms with Gasteiger partial charge in [-0.1, -0.05) is 30.5 Å². The zero-order chi connectivity index (χ0) is 16.9. The molecule has 0 N–H and O–H groups in total. The van der Waals surface area contributed by atoms with E-state index in [1.807, 2.05) is 9.80 Å². The van der Waals surface area contributed by atoms with Crippen LogP contribution in [0.1, 0.15) is 48.9 Å². The SMILES string of the molecule is O=C(c1cccc(Cl)c1)N1CCC(C(=O)N2CCCCCC2)CC1. The van der Waals surface area contributed by atoms with Gasteiger partial charge in [0.05, 0.1) is 0 Å². The van der Waals surface area contributed by atoms with E-state index in [0.29, 0.717) is 29.6 Å². The smallest absolute Gasteiger partial charge is 0.253 e. The maximum Gasteiger partial charge on any atom is 0.253 e. The third kappa shape index (κ3) is 4.10. The fourth-order valence-corrected chi connectivity index (χ4v) is 3.87. The van der Waals surface area contributed by atoms with Crippen LogP contribution in [0.3, 0.4) is 0 Å². The summed E-state index contributed by atoms with van der Waals surface area (Å²) in [5.41, 5.74) is 0.625. The maximum atomic E-state index is 12.7. The average molecular weight is 349 g/mol. The van der Waals surface area contributed by atoms with Gasteiger partial charge in [0.1, 0.15) is 0 Å². The first kappa shape index (κ1) is 17.3. The molecule has 0 saturated carbocycles. The van der Waals surface area contributed by atoms with Crippen LogP contribution in [0.5, 0.6) is 0 Å². The Morgan fingerprint density at radius 1 is 0.917 bits per heavy atom. The van der Waals surface area contributed by atoms with Crippen LogP contribution < -0.4 is 0 Å². The molecule has 130 valence electrons. The minimum atomic E-state index is 0.0122. The maximum absolute atomic E-state index is 12.7. The van der Waals surface area contributed by atoms with E-state index in [1.54, 1.807) is 24.3 Å². The second-order valence-electron chi connectivity index (χ2n) is 6.82. The minimum absolute atomic E-state index is 0.0122. The molecule has 4 nitrogen and oxygen atoms in total. The van der Waals surface area contributed by atoms with Crippen molar-refractivity contribution in [2.45, 2.75) is 38.5 Å². The van der Waals surface area contributed by atoms with Gasteiger partial charge in [0.15, 0.2) is 0 Å². The van der Waals surface area contributed by atoms with E-state index in [1.165, 1.54) is 12.8 Å². The van der Waals surface area contributed by atoms with Crippen LogP contribution in [0.15, 0.2) is 24.3 Å². The summed E-state index contributed by atoms with van der Waals surface area (Å²) in [5.74, 6) is 0.386. The van der Waals surface area contributed by atoms with Gasteiger partial charge in [0.25, 0.3) is 5.91 Å². The molecule has 2 fully saturated rings. The Hall–Kier alpha value is -1.55. The van der Waals surface area contributed by atoms with Crippen molar-refractivity contribution in [3.63, 3.8) is 0 Å². The van der Waals surface area contributed by atoms with Crippen molar-refractivity contribution in [1.29, 1.82) is 0 Å². The van der Waals surface area contributed by atoms with Crippen LogP contribution in [0, 0.1) is 5.92 Å². The van der Waals surface area contributed by atoms with Crippen molar-refractivity contribution in [3.05, 3.63) is 34.9 Å². The van der Waals surface area contributed by atoms with Crippen LogP contribution >= 0.6 is 11.6 Å². The van der Waals surface area contributed by atoms with Crippen molar-refractivity contribution in [2.75, 3.05) is 26.2 Å². The molecule has 5 heteroatoms. The highest BCUT2D eigenvalue weighted by atomic mass is 35.5. The van der Waals surface area contributed by atoms with Gasteiger partial charge in [-0.15, -0.1) is 0 Å². The molecular weight excluding hydrogens is 324 g/mol. The molecule has 3 rings (SSSR count). The highest BCUT2D eigenvalue weighted by Crippen LogP contribution is 2.23. The van der Waals surface area contributed by atoms with Gasteiger partial charge in [-0.25, -0.2) is 0 Å². The fraction of sp³-hybridized carbons (Fsp3) is 0.579. The quantitative estimate of drug-likeness (QED) is 0.819. The number of carbonyl (C=O) groups excluding carboxylic acids is 2. The summed E-state index contributed by atoms with van der Waals surface area (Å²) >= 11 is 5.97. The lowest BCUT2D eigenvalue weighted by molar-refractivity contribution is -0.136. The first-order chi connectivity index (χ1) is 11.6. The normalized spacial score (nSPS) is 19.9. The third-order valence-corrected chi connectivity index (χ3v) is 5.36. The highest BCUT2D eigenvalue weighted by Gasteiger charge is 2.30. The Bertz CT molecular complexity index is 589. The molecule has 0 unspecified atom stereocenters. The summed E-state index contributed by atoms with van der Waals surface area (Å²) in [7, 11) is 0. The lowest BCUT2D eigenvalue weighted by atomic mass is 9.94. The number of nitrogens with zero attached hydrogens (tertiary/aromatic N) is 2. The molecule has 24 heavy (non-hydrogen) atoms. The Labute approximate surface area is 148 Å². The van der Waals surface area contributed by atoms with E-state index in [4.69, 9.17) is 11.6 Å². The monoisotopic (exact) mass is 348 g/mol. The summed E-state index contributed by atoms with van der Waals surface area (Å²) in [4.78, 5) is 29.1. The second kappa shape index (κ2) is 8.02. The standard InChI is InChI=1S/C19H25ClN2O2/c20-17-7-5-6-16(14-17)19(24)22-12-8-15(9-13-22)18(23)21-10-3-1-2-4-11-21/h5-7,14-15H,1-4,8-13H2. The summed E-state index contributed by atoms with van der Waals surface area (Å²) in [5, 5.41) is 0.576. The predicted molar refractivity (Wildman–Crippen MR) is 95.1 cm³/mol. The van der Waals surface area contributed by atoms with Gasteiger partial charge in [-0.05, 0) is 43.9 Å². The number of benzene rings is 1. The highest BCUT2D eigenvalue weighted by molar-refractivity contribution is 6.30. The molecule has 0 spiro atoms. The number of carbonyl (C=O) groups is 2. The van der Waals surface area contributed by atoms with Crippen molar-refractivity contribution >= 4 is 23.4 Å². The first-order valence-electron chi connectivity index (χ1n) is 8.99. The average Bonchev–Trinajstić information content (AvgIpc) is 2.90. The summed E-state index contributed by atoms with van der Waals surface area (Å²) < 4.78 is 0.